The zero-order valence-corrected chi connectivity index (χ0v) is 13.5. The summed E-state index contributed by atoms with van der Waals surface area (Å²) in [6.07, 6.45) is 0. The van der Waals surface area contributed by atoms with Crippen molar-refractivity contribution >= 4 is 28.3 Å². The number of rotatable bonds is 0. The molecule has 1 aromatic heterocycles. The van der Waals surface area contributed by atoms with Crippen LogP contribution in [-0.2, 0) is 5.41 Å². The van der Waals surface area contributed by atoms with Crippen molar-refractivity contribution in [3.05, 3.63) is 69.4 Å². The van der Waals surface area contributed by atoms with Crippen molar-refractivity contribution in [1.82, 2.24) is 4.98 Å². The van der Waals surface area contributed by atoms with Crippen LogP contribution in [0.1, 0.15) is 46.6 Å². The van der Waals surface area contributed by atoms with E-state index in [2.05, 4.69) is 24.9 Å². The second-order valence-corrected chi connectivity index (χ2v) is 6.83. The molecule has 2 aromatic carbocycles. The Hall–Kier alpha value is -2.57. The number of ketones is 1. The van der Waals surface area contributed by atoms with E-state index in [4.69, 9.17) is 16.9 Å². The highest BCUT2D eigenvalue weighted by Crippen LogP contribution is 2.44. The number of halogens is 1. The zero-order valence-electron chi connectivity index (χ0n) is 12.7. The normalized spacial score (nSPS) is 15.1. The summed E-state index contributed by atoms with van der Waals surface area (Å²) < 4.78 is 0. The highest BCUT2D eigenvalue weighted by Gasteiger charge is 2.39. The summed E-state index contributed by atoms with van der Waals surface area (Å²) >= 11 is 6.10. The van der Waals surface area contributed by atoms with Crippen LogP contribution in [0.2, 0.25) is 5.02 Å². The Morgan fingerprint density at radius 3 is 2.70 bits per heavy atom. The number of H-pyrrole nitrogens is 1. The molecule has 0 unspecified atom stereocenters. The molecular weight excluding hydrogens is 308 g/mol. The molecule has 0 atom stereocenters. The predicted octanol–water partition coefficient (Wildman–Crippen LogP) is 4.56. The first-order valence-corrected chi connectivity index (χ1v) is 7.72. The molecule has 112 valence electrons. The summed E-state index contributed by atoms with van der Waals surface area (Å²) in [5, 5.41) is 10.5. The van der Waals surface area contributed by atoms with E-state index >= 15 is 0 Å². The minimum absolute atomic E-state index is 0.0206. The van der Waals surface area contributed by atoms with Crippen LogP contribution in [0.15, 0.2) is 36.4 Å². The Kier molecular flexibility index (Phi) is 2.73. The number of fused-ring (bicyclic) bond motifs is 4. The van der Waals surface area contributed by atoms with Crippen LogP contribution in [0, 0.1) is 11.3 Å². The van der Waals surface area contributed by atoms with Gasteiger partial charge in [0.1, 0.15) is 0 Å². The van der Waals surface area contributed by atoms with Gasteiger partial charge in [0.15, 0.2) is 5.78 Å². The molecule has 0 spiro atoms. The van der Waals surface area contributed by atoms with Gasteiger partial charge in [-0.15, -0.1) is 0 Å². The molecule has 0 fully saturated rings. The van der Waals surface area contributed by atoms with Crippen LogP contribution in [0.4, 0.5) is 0 Å². The van der Waals surface area contributed by atoms with Gasteiger partial charge in [-0.2, -0.15) is 5.26 Å². The predicted molar refractivity (Wildman–Crippen MR) is 90.0 cm³/mol. The van der Waals surface area contributed by atoms with E-state index in [1.54, 1.807) is 18.2 Å². The average molecular weight is 321 g/mol. The molecule has 4 heteroatoms. The number of aromatic nitrogens is 1. The van der Waals surface area contributed by atoms with Gasteiger partial charge in [0.05, 0.1) is 17.2 Å². The van der Waals surface area contributed by atoms with E-state index in [1.807, 2.05) is 18.2 Å². The lowest BCUT2D eigenvalue weighted by Crippen LogP contribution is -2.30. The van der Waals surface area contributed by atoms with E-state index in [-0.39, 0.29) is 11.2 Å². The average Bonchev–Trinajstić information content (AvgIpc) is 2.92. The maximum Gasteiger partial charge on any atom is 0.195 e. The molecule has 4 rings (SSSR count). The molecule has 1 aliphatic carbocycles. The van der Waals surface area contributed by atoms with Crippen LogP contribution in [0.5, 0.6) is 0 Å². The Morgan fingerprint density at radius 1 is 1.17 bits per heavy atom. The molecule has 0 aliphatic heterocycles. The van der Waals surface area contributed by atoms with Crippen molar-refractivity contribution in [2.24, 2.45) is 0 Å². The fourth-order valence-electron chi connectivity index (χ4n) is 3.49. The Balaban J connectivity index is 2.10. The summed E-state index contributed by atoms with van der Waals surface area (Å²) in [5.74, 6) is -0.0206. The van der Waals surface area contributed by atoms with Gasteiger partial charge >= 0.3 is 0 Å². The van der Waals surface area contributed by atoms with Gasteiger partial charge in [0, 0.05) is 32.6 Å². The third-order valence-corrected chi connectivity index (χ3v) is 4.91. The molecule has 23 heavy (non-hydrogen) atoms. The number of hydrogen-bond acceptors (Lipinski definition) is 2. The number of nitrogens with one attached hydrogen (secondary N) is 1. The first-order chi connectivity index (χ1) is 10.9. The van der Waals surface area contributed by atoms with Crippen LogP contribution >= 0.6 is 11.6 Å². The zero-order chi connectivity index (χ0) is 16.4. The number of nitriles is 1. The van der Waals surface area contributed by atoms with Gasteiger partial charge in [0.2, 0.25) is 0 Å². The highest BCUT2D eigenvalue weighted by molar-refractivity contribution is 6.31. The first-order valence-electron chi connectivity index (χ1n) is 7.34. The number of benzene rings is 2. The SMILES string of the molecule is CC1(C)c2ccc(Cl)cc2C(=O)c2c1[nH]c1cc(C#N)ccc21. The number of aromatic amines is 1. The van der Waals surface area contributed by atoms with Gasteiger partial charge in [-0.1, -0.05) is 37.6 Å². The topological polar surface area (TPSA) is 56.6 Å². The molecule has 3 nitrogen and oxygen atoms in total. The van der Waals surface area contributed by atoms with Crippen molar-refractivity contribution in [3.63, 3.8) is 0 Å². The molecule has 0 saturated heterocycles. The van der Waals surface area contributed by atoms with E-state index in [0.29, 0.717) is 21.7 Å². The van der Waals surface area contributed by atoms with Crippen molar-refractivity contribution < 1.29 is 4.79 Å². The van der Waals surface area contributed by atoms with Crippen molar-refractivity contribution in [1.29, 1.82) is 5.26 Å². The summed E-state index contributed by atoms with van der Waals surface area (Å²) in [6.45, 7) is 4.18. The lowest BCUT2D eigenvalue weighted by atomic mass is 9.71. The van der Waals surface area contributed by atoms with Gasteiger partial charge in [-0.05, 0) is 29.8 Å². The summed E-state index contributed by atoms with van der Waals surface area (Å²) in [6, 6.07) is 13.0. The second-order valence-electron chi connectivity index (χ2n) is 6.39. The van der Waals surface area contributed by atoms with E-state index in [1.165, 1.54) is 0 Å². The fraction of sp³-hybridized carbons (Fsp3) is 0.158. The van der Waals surface area contributed by atoms with E-state index in [0.717, 1.165) is 22.2 Å². The maximum absolute atomic E-state index is 13.0. The fourth-order valence-corrected chi connectivity index (χ4v) is 3.66. The standard InChI is InChI=1S/C19H13ClN2O/c1-19(2)14-6-4-11(20)8-13(14)17(23)16-12-5-3-10(9-21)7-15(12)22-18(16)19/h3-8,22H,1-2H3. The number of hydrogen-bond donors (Lipinski definition) is 1. The van der Waals surface area contributed by atoms with Gasteiger partial charge in [-0.3, -0.25) is 4.79 Å². The molecule has 1 heterocycles. The van der Waals surface area contributed by atoms with Crippen molar-refractivity contribution in [3.8, 4) is 6.07 Å². The van der Waals surface area contributed by atoms with Crippen LogP contribution < -0.4 is 0 Å². The summed E-state index contributed by atoms with van der Waals surface area (Å²) in [4.78, 5) is 16.4. The van der Waals surface area contributed by atoms with Crippen molar-refractivity contribution in [2.75, 3.05) is 0 Å². The van der Waals surface area contributed by atoms with E-state index in [9.17, 15) is 4.79 Å². The molecule has 1 aliphatic rings. The first kappa shape index (κ1) is 14.0. The monoisotopic (exact) mass is 320 g/mol. The molecule has 0 radical (unpaired) electrons. The Bertz CT molecular complexity index is 1040. The Morgan fingerprint density at radius 2 is 1.96 bits per heavy atom. The molecule has 3 aromatic rings. The third-order valence-electron chi connectivity index (χ3n) is 4.68. The number of nitrogens with zero attached hydrogens (tertiary/aromatic N) is 1. The smallest absolute Gasteiger partial charge is 0.195 e. The summed E-state index contributed by atoms with van der Waals surface area (Å²) in [5.41, 5.74) is 4.24. The molecule has 0 amide bonds. The number of carbonyl (C=O) groups is 1. The van der Waals surface area contributed by atoms with Crippen LogP contribution in [0.25, 0.3) is 10.9 Å². The Labute approximate surface area is 138 Å². The molecule has 0 bridgehead atoms. The number of carbonyl (C=O) groups excluding carboxylic acids is 1. The quantitative estimate of drug-likeness (QED) is 0.660. The van der Waals surface area contributed by atoms with Crippen molar-refractivity contribution in [2.45, 2.75) is 19.3 Å². The lowest BCUT2D eigenvalue weighted by molar-refractivity contribution is 0.103. The van der Waals surface area contributed by atoms with E-state index < -0.39 is 0 Å². The van der Waals surface area contributed by atoms with Crippen LogP contribution in [-0.4, -0.2) is 10.8 Å². The second kappa shape index (κ2) is 4.47. The minimum Gasteiger partial charge on any atom is -0.357 e. The van der Waals surface area contributed by atoms with Gasteiger partial charge in [-0.25, -0.2) is 0 Å². The lowest BCUT2D eigenvalue weighted by Gasteiger charge is -2.32. The van der Waals surface area contributed by atoms with Gasteiger partial charge < -0.3 is 4.98 Å². The molecule has 0 saturated carbocycles. The minimum atomic E-state index is -0.338. The largest absolute Gasteiger partial charge is 0.357 e. The maximum atomic E-state index is 13.0. The third kappa shape index (κ3) is 1.79. The van der Waals surface area contributed by atoms with Gasteiger partial charge in [0.25, 0.3) is 0 Å². The van der Waals surface area contributed by atoms with Crippen LogP contribution in [0.3, 0.4) is 0 Å². The molecular formula is C19H13ClN2O. The molecule has 1 N–H and O–H groups in total. The summed E-state index contributed by atoms with van der Waals surface area (Å²) in [7, 11) is 0. The highest BCUT2D eigenvalue weighted by atomic mass is 35.5.